The van der Waals surface area contributed by atoms with Gasteiger partial charge in [0.1, 0.15) is 0 Å². The molecule has 2 aromatic carbocycles. The number of aryl methyl sites for hydroxylation is 1. The normalized spacial score (nSPS) is 12.8. The average molecular weight is 318 g/mol. The van der Waals surface area contributed by atoms with Gasteiger partial charge in [-0.1, -0.05) is 35.5 Å². The molecule has 3 rings (SSSR count). The van der Waals surface area contributed by atoms with Crippen LogP contribution in [0.5, 0.6) is 0 Å². The Bertz CT molecular complexity index is 795. The first-order valence-corrected chi connectivity index (χ1v) is 7.91. The Balaban J connectivity index is 1.91. The highest BCUT2D eigenvalue weighted by Crippen LogP contribution is 2.34. The van der Waals surface area contributed by atoms with Crippen molar-refractivity contribution in [2.24, 2.45) is 5.73 Å². The van der Waals surface area contributed by atoms with E-state index in [0.717, 1.165) is 26.6 Å². The predicted octanol–water partition coefficient (Wildman–Crippen LogP) is 4.70. The lowest BCUT2D eigenvalue weighted by atomic mass is 10.1. The monoisotopic (exact) mass is 317 g/mol. The molecule has 3 N–H and O–H groups in total. The Morgan fingerprint density at radius 3 is 2.76 bits per heavy atom. The number of hydrogen-bond donors (Lipinski definition) is 2. The zero-order valence-electron chi connectivity index (χ0n) is 11.9. The second-order valence-electron chi connectivity index (χ2n) is 5.14. The van der Waals surface area contributed by atoms with Crippen LogP contribution in [0.2, 0.25) is 5.02 Å². The number of aromatic nitrogens is 2. The van der Waals surface area contributed by atoms with Crippen LogP contribution < -0.4 is 5.73 Å². The number of hydrogen-bond acceptors (Lipinski definition) is 3. The molecular formula is C16H16ClN3S. The van der Waals surface area contributed by atoms with Crippen molar-refractivity contribution in [3.63, 3.8) is 0 Å². The third-order valence-electron chi connectivity index (χ3n) is 3.30. The number of nitrogens with two attached hydrogens (primary N) is 1. The Kier molecular flexibility index (Phi) is 3.93. The van der Waals surface area contributed by atoms with E-state index in [4.69, 9.17) is 17.3 Å². The van der Waals surface area contributed by atoms with Gasteiger partial charge in [-0.3, -0.25) is 0 Å². The van der Waals surface area contributed by atoms with Gasteiger partial charge in [-0.05, 0) is 49.2 Å². The van der Waals surface area contributed by atoms with Crippen LogP contribution >= 0.6 is 23.4 Å². The first kappa shape index (κ1) is 14.4. The molecule has 0 radical (unpaired) electrons. The molecule has 0 spiro atoms. The van der Waals surface area contributed by atoms with E-state index < -0.39 is 0 Å². The summed E-state index contributed by atoms with van der Waals surface area (Å²) in [5.74, 6) is 0. The summed E-state index contributed by atoms with van der Waals surface area (Å²) in [6.07, 6.45) is 0. The van der Waals surface area contributed by atoms with Crippen LogP contribution in [0.3, 0.4) is 0 Å². The standard InChI is InChI=1S/C16H16ClN3S/c1-9-3-5-13-14(7-9)20-16(19-13)21-15-6-4-11(10(2)18)8-12(15)17/h3-8,10H,18H2,1-2H3,(H,19,20)/t10-/m1/s1. The Hall–Kier alpha value is -1.49. The minimum absolute atomic E-state index is 0.0178. The number of imidazole rings is 1. The van der Waals surface area contributed by atoms with Crippen LogP contribution in [0.25, 0.3) is 11.0 Å². The van der Waals surface area contributed by atoms with Gasteiger partial charge < -0.3 is 10.7 Å². The van der Waals surface area contributed by atoms with Crippen molar-refractivity contribution >= 4 is 34.4 Å². The van der Waals surface area contributed by atoms with E-state index >= 15 is 0 Å². The number of benzene rings is 2. The third kappa shape index (κ3) is 3.07. The molecule has 0 saturated heterocycles. The average Bonchev–Trinajstić information content (AvgIpc) is 2.82. The van der Waals surface area contributed by atoms with Crippen molar-refractivity contribution in [1.29, 1.82) is 0 Å². The van der Waals surface area contributed by atoms with Crippen LogP contribution in [0, 0.1) is 6.92 Å². The molecule has 0 unspecified atom stereocenters. The zero-order valence-corrected chi connectivity index (χ0v) is 13.4. The van der Waals surface area contributed by atoms with Gasteiger partial charge in [-0.2, -0.15) is 0 Å². The molecular weight excluding hydrogens is 302 g/mol. The number of aromatic amines is 1. The molecule has 108 valence electrons. The maximum atomic E-state index is 6.33. The lowest BCUT2D eigenvalue weighted by Gasteiger charge is -2.08. The maximum Gasteiger partial charge on any atom is 0.171 e. The fraction of sp³-hybridized carbons (Fsp3) is 0.188. The molecule has 3 aromatic rings. The smallest absolute Gasteiger partial charge is 0.171 e. The fourth-order valence-electron chi connectivity index (χ4n) is 2.14. The first-order valence-electron chi connectivity index (χ1n) is 6.72. The molecule has 1 heterocycles. The lowest BCUT2D eigenvalue weighted by Crippen LogP contribution is -2.04. The molecule has 0 bridgehead atoms. The van der Waals surface area contributed by atoms with E-state index in [1.165, 1.54) is 17.3 Å². The Morgan fingerprint density at radius 1 is 1.24 bits per heavy atom. The number of rotatable bonds is 3. The quantitative estimate of drug-likeness (QED) is 0.736. The van der Waals surface area contributed by atoms with Crippen molar-refractivity contribution in [1.82, 2.24) is 9.97 Å². The molecule has 1 aromatic heterocycles. The molecule has 0 aliphatic carbocycles. The van der Waals surface area contributed by atoms with E-state index in [1.54, 1.807) is 0 Å². The second-order valence-corrected chi connectivity index (χ2v) is 6.58. The minimum atomic E-state index is -0.0178. The largest absolute Gasteiger partial charge is 0.333 e. The molecule has 0 amide bonds. The van der Waals surface area contributed by atoms with Gasteiger partial charge in [0.2, 0.25) is 0 Å². The number of H-pyrrole nitrogens is 1. The van der Waals surface area contributed by atoms with Crippen molar-refractivity contribution in [3.8, 4) is 0 Å². The van der Waals surface area contributed by atoms with E-state index in [1.807, 2.05) is 31.2 Å². The van der Waals surface area contributed by atoms with Gasteiger partial charge >= 0.3 is 0 Å². The number of fused-ring (bicyclic) bond motifs is 1. The van der Waals surface area contributed by atoms with E-state index in [0.29, 0.717) is 5.02 Å². The van der Waals surface area contributed by atoms with Crippen LogP contribution in [-0.2, 0) is 0 Å². The number of halogens is 1. The van der Waals surface area contributed by atoms with Crippen LogP contribution in [0.1, 0.15) is 24.1 Å². The van der Waals surface area contributed by atoms with Gasteiger partial charge in [-0.25, -0.2) is 4.98 Å². The molecule has 1 atom stereocenters. The van der Waals surface area contributed by atoms with Crippen LogP contribution in [-0.4, -0.2) is 9.97 Å². The molecule has 0 aliphatic rings. The second kappa shape index (κ2) is 5.72. The summed E-state index contributed by atoms with van der Waals surface area (Å²) in [6, 6.07) is 12.1. The van der Waals surface area contributed by atoms with Gasteiger partial charge in [-0.15, -0.1) is 0 Å². The SMILES string of the molecule is Cc1ccc2nc(Sc3ccc([C@@H](C)N)cc3Cl)[nH]c2c1. The van der Waals surface area contributed by atoms with Crippen molar-refractivity contribution in [2.75, 3.05) is 0 Å². The van der Waals surface area contributed by atoms with Crippen molar-refractivity contribution in [3.05, 3.63) is 52.5 Å². The maximum absolute atomic E-state index is 6.33. The van der Waals surface area contributed by atoms with Crippen LogP contribution in [0.4, 0.5) is 0 Å². The van der Waals surface area contributed by atoms with Gasteiger partial charge in [0.05, 0.1) is 16.1 Å². The molecule has 5 heteroatoms. The van der Waals surface area contributed by atoms with E-state index in [-0.39, 0.29) is 6.04 Å². The summed E-state index contributed by atoms with van der Waals surface area (Å²) in [6.45, 7) is 4.01. The molecule has 3 nitrogen and oxygen atoms in total. The summed E-state index contributed by atoms with van der Waals surface area (Å²) in [5, 5.41) is 1.54. The highest BCUT2D eigenvalue weighted by atomic mass is 35.5. The Labute approximate surface area is 132 Å². The van der Waals surface area contributed by atoms with E-state index in [2.05, 4.69) is 29.0 Å². The number of nitrogens with zero attached hydrogens (tertiary/aromatic N) is 1. The van der Waals surface area contributed by atoms with Crippen molar-refractivity contribution in [2.45, 2.75) is 29.9 Å². The van der Waals surface area contributed by atoms with Crippen molar-refractivity contribution < 1.29 is 0 Å². The van der Waals surface area contributed by atoms with Gasteiger partial charge in [0.25, 0.3) is 0 Å². The molecule has 0 fully saturated rings. The fourth-order valence-corrected chi connectivity index (χ4v) is 3.25. The topological polar surface area (TPSA) is 54.7 Å². The number of nitrogens with one attached hydrogen (secondary N) is 1. The van der Waals surface area contributed by atoms with Gasteiger partial charge in [0.15, 0.2) is 5.16 Å². The molecule has 0 aliphatic heterocycles. The van der Waals surface area contributed by atoms with E-state index in [9.17, 15) is 0 Å². The molecule has 21 heavy (non-hydrogen) atoms. The lowest BCUT2D eigenvalue weighted by molar-refractivity contribution is 0.817. The zero-order chi connectivity index (χ0) is 15.0. The minimum Gasteiger partial charge on any atom is -0.333 e. The summed E-state index contributed by atoms with van der Waals surface area (Å²) < 4.78 is 0. The summed E-state index contributed by atoms with van der Waals surface area (Å²) in [5.41, 5.74) is 10.1. The Morgan fingerprint density at radius 2 is 2.05 bits per heavy atom. The van der Waals surface area contributed by atoms with Crippen LogP contribution in [0.15, 0.2) is 46.5 Å². The first-order chi connectivity index (χ1) is 10.0. The highest BCUT2D eigenvalue weighted by Gasteiger charge is 2.09. The summed E-state index contributed by atoms with van der Waals surface area (Å²) in [4.78, 5) is 8.86. The third-order valence-corrected chi connectivity index (χ3v) is 4.69. The van der Waals surface area contributed by atoms with Gasteiger partial charge in [0, 0.05) is 10.9 Å². The summed E-state index contributed by atoms with van der Waals surface area (Å²) in [7, 11) is 0. The highest BCUT2D eigenvalue weighted by molar-refractivity contribution is 7.99. The predicted molar refractivity (Wildman–Crippen MR) is 89.0 cm³/mol. The summed E-state index contributed by atoms with van der Waals surface area (Å²) >= 11 is 7.86. The molecule has 0 saturated carbocycles.